The summed E-state index contributed by atoms with van der Waals surface area (Å²) in [5, 5.41) is 3.86. The average Bonchev–Trinajstić information content (AvgIpc) is 2.70. The molecule has 7 nitrogen and oxygen atoms in total. The van der Waals surface area contributed by atoms with E-state index in [0.29, 0.717) is 15.8 Å². The van der Waals surface area contributed by atoms with Gasteiger partial charge in [-0.15, -0.1) is 0 Å². The molecule has 0 atom stereocenters. The molecule has 1 N–H and O–H groups in total. The number of hydrazone groups is 1. The van der Waals surface area contributed by atoms with E-state index in [1.165, 1.54) is 24.8 Å². The second-order valence-electron chi connectivity index (χ2n) is 5.23. The maximum Gasteiger partial charge on any atom is 0.344 e. The first-order valence-corrected chi connectivity index (χ1v) is 8.59. The Morgan fingerprint density at radius 2 is 1.85 bits per heavy atom. The van der Waals surface area contributed by atoms with E-state index < -0.39 is 11.9 Å². The van der Waals surface area contributed by atoms with E-state index in [1.807, 2.05) is 6.07 Å². The summed E-state index contributed by atoms with van der Waals surface area (Å²) in [6.45, 7) is 0. The van der Waals surface area contributed by atoms with Crippen LogP contribution in [0.1, 0.15) is 26.4 Å². The average molecular weight is 425 g/mol. The number of halogens is 1. The molecule has 0 aliphatic rings. The van der Waals surface area contributed by atoms with Gasteiger partial charge in [-0.2, -0.15) is 5.10 Å². The predicted octanol–water partition coefficient (Wildman–Crippen LogP) is 3.22. The summed E-state index contributed by atoms with van der Waals surface area (Å²) in [7, 11) is 0. The molecule has 0 spiro atoms. The van der Waals surface area contributed by atoms with E-state index in [1.54, 1.807) is 42.5 Å². The number of aromatic nitrogens is 2. The van der Waals surface area contributed by atoms with Gasteiger partial charge >= 0.3 is 5.97 Å². The van der Waals surface area contributed by atoms with Crippen molar-refractivity contribution in [3.63, 3.8) is 0 Å². The number of hydrogen-bond donors (Lipinski definition) is 1. The second kappa shape index (κ2) is 8.81. The number of esters is 1. The van der Waals surface area contributed by atoms with Crippen LogP contribution in [-0.2, 0) is 0 Å². The van der Waals surface area contributed by atoms with Gasteiger partial charge in [-0.3, -0.25) is 9.78 Å². The highest BCUT2D eigenvalue weighted by atomic mass is 79.9. The quantitative estimate of drug-likeness (QED) is 0.293. The summed E-state index contributed by atoms with van der Waals surface area (Å²) in [5.74, 6) is -0.519. The monoisotopic (exact) mass is 424 g/mol. The maximum absolute atomic E-state index is 12.2. The minimum absolute atomic E-state index is 0.170. The Balaban J connectivity index is 1.58. The Bertz CT molecular complexity index is 976. The lowest BCUT2D eigenvalue weighted by Crippen LogP contribution is -2.19. The molecule has 1 aromatic heterocycles. The predicted molar refractivity (Wildman–Crippen MR) is 103 cm³/mol. The number of carbonyl (C=O) groups is 2. The molecule has 3 rings (SSSR count). The van der Waals surface area contributed by atoms with E-state index in [0.717, 1.165) is 5.56 Å². The molecule has 1 amide bonds. The van der Waals surface area contributed by atoms with Gasteiger partial charge in [0.25, 0.3) is 5.91 Å². The summed E-state index contributed by atoms with van der Waals surface area (Å²) >= 11 is 3.32. The molecule has 134 valence electrons. The highest BCUT2D eigenvalue weighted by Crippen LogP contribution is 2.19. The summed E-state index contributed by atoms with van der Waals surface area (Å²) in [5.41, 5.74) is 3.69. The maximum atomic E-state index is 12.2. The number of hydrogen-bond acceptors (Lipinski definition) is 6. The molecule has 0 aliphatic carbocycles. The summed E-state index contributed by atoms with van der Waals surface area (Å²) in [4.78, 5) is 31.6. The van der Waals surface area contributed by atoms with Gasteiger partial charge in [0.05, 0.1) is 18.0 Å². The van der Waals surface area contributed by atoms with Crippen molar-refractivity contribution < 1.29 is 14.3 Å². The van der Waals surface area contributed by atoms with Crippen molar-refractivity contribution in [1.29, 1.82) is 0 Å². The molecule has 8 heteroatoms. The van der Waals surface area contributed by atoms with Gasteiger partial charge in [0.15, 0.2) is 0 Å². The lowest BCUT2D eigenvalue weighted by molar-refractivity contribution is 0.0733. The number of amides is 1. The first-order chi connectivity index (χ1) is 13.1. The molecule has 3 aromatic rings. The van der Waals surface area contributed by atoms with Gasteiger partial charge in [-0.05, 0) is 57.9 Å². The van der Waals surface area contributed by atoms with Crippen molar-refractivity contribution in [2.75, 3.05) is 0 Å². The van der Waals surface area contributed by atoms with Crippen LogP contribution >= 0.6 is 15.9 Å². The molecular weight excluding hydrogens is 412 g/mol. The highest BCUT2D eigenvalue weighted by molar-refractivity contribution is 9.10. The minimum Gasteiger partial charge on any atom is -0.423 e. The SMILES string of the molecule is O=C(NN=Cc1ccc(OC(=O)c2ccccc2Br)cc1)c1cnccn1. The second-order valence-corrected chi connectivity index (χ2v) is 6.08. The molecule has 27 heavy (non-hydrogen) atoms. The molecule has 2 aromatic carbocycles. The minimum atomic E-state index is -0.460. The number of nitrogens with zero attached hydrogens (tertiary/aromatic N) is 3. The van der Waals surface area contributed by atoms with Crippen LogP contribution in [0.25, 0.3) is 0 Å². The topological polar surface area (TPSA) is 93.5 Å². The van der Waals surface area contributed by atoms with Crippen LogP contribution in [0.4, 0.5) is 0 Å². The standard InChI is InChI=1S/C19H13BrN4O3/c20-16-4-2-1-3-15(16)19(26)27-14-7-5-13(6-8-14)11-23-24-18(25)17-12-21-9-10-22-17/h1-12H,(H,24,25). The Morgan fingerprint density at radius 3 is 2.56 bits per heavy atom. The number of rotatable bonds is 5. The van der Waals surface area contributed by atoms with Crippen LogP contribution in [0.5, 0.6) is 5.75 Å². The van der Waals surface area contributed by atoms with E-state index in [4.69, 9.17) is 4.74 Å². The first kappa shape index (κ1) is 18.4. The van der Waals surface area contributed by atoms with Gasteiger partial charge in [0.2, 0.25) is 0 Å². The fraction of sp³-hybridized carbons (Fsp3) is 0. The van der Waals surface area contributed by atoms with Crippen LogP contribution < -0.4 is 10.2 Å². The van der Waals surface area contributed by atoms with E-state index in [2.05, 4.69) is 36.4 Å². The van der Waals surface area contributed by atoms with Gasteiger partial charge in [-0.25, -0.2) is 15.2 Å². The molecule has 1 heterocycles. The van der Waals surface area contributed by atoms with Crippen molar-refractivity contribution in [1.82, 2.24) is 15.4 Å². The van der Waals surface area contributed by atoms with Crippen LogP contribution in [0.2, 0.25) is 0 Å². The lowest BCUT2D eigenvalue weighted by atomic mass is 10.2. The lowest BCUT2D eigenvalue weighted by Gasteiger charge is -2.06. The number of nitrogens with one attached hydrogen (secondary N) is 1. The van der Waals surface area contributed by atoms with Crippen LogP contribution in [-0.4, -0.2) is 28.1 Å². The zero-order chi connectivity index (χ0) is 19.1. The van der Waals surface area contributed by atoms with Gasteiger partial charge < -0.3 is 4.74 Å². The number of carbonyl (C=O) groups excluding carboxylic acids is 2. The molecule has 0 saturated carbocycles. The van der Waals surface area contributed by atoms with E-state index >= 15 is 0 Å². The number of benzene rings is 2. The van der Waals surface area contributed by atoms with Crippen LogP contribution in [0.15, 0.2) is 76.7 Å². The van der Waals surface area contributed by atoms with Gasteiger partial charge in [-0.1, -0.05) is 12.1 Å². The van der Waals surface area contributed by atoms with Crippen LogP contribution in [0, 0.1) is 0 Å². The van der Waals surface area contributed by atoms with Crippen molar-refractivity contribution >= 4 is 34.0 Å². The summed E-state index contributed by atoms with van der Waals surface area (Å²) < 4.78 is 6.00. The third-order valence-corrected chi connectivity index (χ3v) is 4.05. The Labute approximate surface area is 163 Å². The van der Waals surface area contributed by atoms with Crippen molar-refractivity contribution in [2.24, 2.45) is 5.10 Å². The number of ether oxygens (including phenoxy) is 1. The van der Waals surface area contributed by atoms with E-state index in [-0.39, 0.29) is 5.69 Å². The van der Waals surface area contributed by atoms with E-state index in [9.17, 15) is 9.59 Å². The normalized spacial score (nSPS) is 10.6. The summed E-state index contributed by atoms with van der Waals surface area (Å²) in [6, 6.07) is 13.7. The zero-order valence-corrected chi connectivity index (χ0v) is 15.5. The van der Waals surface area contributed by atoms with Crippen molar-refractivity contribution in [3.05, 3.63) is 88.4 Å². The van der Waals surface area contributed by atoms with Gasteiger partial charge in [0.1, 0.15) is 11.4 Å². The third kappa shape index (κ3) is 5.05. The Kier molecular flexibility index (Phi) is 6.01. The molecule has 0 fully saturated rings. The highest BCUT2D eigenvalue weighted by Gasteiger charge is 2.11. The molecule has 0 radical (unpaired) electrons. The van der Waals surface area contributed by atoms with Gasteiger partial charge in [0, 0.05) is 16.9 Å². The molecule has 0 unspecified atom stereocenters. The Morgan fingerprint density at radius 1 is 1.07 bits per heavy atom. The van der Waals surface area contributed by atoms with Crippen molar-refractivity contribution in [3.8, 4) is 5.75 Å². The zero-order valence-electron chi connectivity index (χ0n) is 13.9. The molecule has 0 saturated heterocycles. The van der Waals surface area contributed by atoms with Crippen molar-refractivity contribution in [2.45, 2.75) is 0 Å². The largest absolute Gasteiger partial charge is 0.423 e. The first-order valence-electron chi connectivity index (χ1n) is 7.79. The third-order valence-electron chi connectivity index (χ3n) is 3.36. The smallest absolute Gasteiger partial charge is 0.344 e. The molecule has 0 bridgehead atoms. The molecule has 0 aliphatic heterocycles. The Hall–Kier alpha value is -3.39. The molecular formula is C19H13BrN4O3. The summed E-state index contributed by atoms with van der Waals surface area (Å²) in [6.07, 6.45) is 5.71. The fourth-order valence-corrected chi connectivity index (χ4v) is 2.50. The fourth-order valence-electron chi connectivity index (χ4n) is 2.05. The van der Waals surface area contributed by atoms with Crippen LogP contribution in [0.3, 0.4) is 0 Å².